The lowest BCUT2D eigenvalue weighted by molar-refractivity contribution is -0.386. The van der Waals surface area contributed by atoms with Gasteiger partial charge in [0.1, 0.15) is 17.9 Å². The Hall–Kier alpha value is -1.92. The molecule has 1 heterocycles. The maximum absolute atomic E-state index is 12.8. The lowest BCUT2D eigenvalue weighted by Crippen LogP contribution is -2.57. The minimum absolute atomic E-state index is 0.0101. The highest BCUT2D eigenvalue weighted by molar-refractivity contribution is 5.76. The molecule has 0 aliphatic heterocycles. The molecule has 148 valence electrons. The number of hydrogen-bond acceptors (Lipinski definition) is 4. The molecule has 1 aromatic heterocycles. The van der Waals surface area contributed by atoms with E-state index in [1.54, 1.807) is 13.8 Å². The number of nitrogens with one attached hydrogen (secondary N) is 1. The Balaban J connectivity index is 1.47. The van der Waals surface area contributed by atoms with Gasteiger partial charge in [-0.15, -0.1) is 0 Å². The van der Waals surface area contributed by atoms with Crippen LogP contribution in [0, 0.1) is 47.1 Å². The first-order valence-corrected chi connectivity index (χ1v) is 10.3. The van der Waals surface area contributed by atoms with Crippen molar-refractivity contribution in [2.75, 3.05) is 0 Å². The summed E-state index contributed by atoms with van der Waals surface area (Å²) < 4.78 is 1.47. The van der Waals surface area contributed by atoms with Crippen LogP contribution in [-0.2, 0) is 11.3 Å². The summed E-state index contributed by atoms with van der Waals surface area (Å²) in [6.45, 7) is 5.48. The van der Waals surface area contributed by atoms with Crippen LogP contribution < -0.4 is 5.32 Å². The van der Waals surface area contributed by atoms with Crippen LogP contribution in [0.3, 0.4) is 0 Å². The molecule has 27 heavy (non-hydrogen) atoms. The first kappa shape index (κ1) is 18.4. The molecule has 0 spiro atoms. The molecule has 1 amide bonds. The van der Waals surface area contributed by atoms with Gasteiger partial charge in [0, 0.05) is 6.04 Å². The molecule has 4 aliphatic carbocycles. The molecule has 4 fully saturated rings. The zero-order chi connectivity index (χ0) is 19.3. The second-order valence-corrected chi connectivity index (χ2v) is 9.24. The Morgan fingerprint density at radius 2 is 1.81 bits per heavy atom. The second-order valence-electron chi connectivity index (χ2n) is 9.24. The highest BCUT2D eigenvalue weighted by Crippen LogP contribution is 2.61. The van der Waals surface area contributed by atoms with Crippen LogP contribution in [0.25, 0.3) is 0 Å². The van der Waals surface area contributed by atoms with Gasteiger partial charge in [-0.2, -0.15) is 5.10 Å². The van der Waals surface area contributed by atoms with Gasteiger partial charge in [-0.05, 0) is 82.0 Å². The van der Waals surface area contributed by atoms with Gasteiger partial charge in [0.05, 0.1) is 4.92 Å². The van der Waals surface area contributed by atoms with Gasteiger partial charge in [0.25, 0.3) is 0 Å². The van der Waals surface area contributed by atoms with Gasteiger partial charge >= 0.3 is 5.69 Å². The number of nitro groups is 1. The molecule has 0 radical (unpaired) electrons. The van der Waals surface area contributed by atoms with Crippen LogP contribution in [0.5, 0.6) is 0 Å². The van der Waals surface area contributed by atoms with Crippen LogP contribution in [-0.4, -0.2) is 26.7 Å². The molecule has 5 rings (SSSR count). The topological polar surface area (TPSA) is 90.1 Å². The van der Waals surface area contributed by atoms with E-state index in [0.717, 1.165) is 24.2 Å². The maximum atomic E-state index is 12.8. The largest absolute Gasteiger partial charge is 0.351 e. The third-order valence-corrected chi connectivity index (χ3v) is 7.39. The number of rotatable bonds is 6. The number of nitrogens with zero attached hydrogens (tertiary/aromatic N) is 3. The summed E-state index contributed by atoms with van der Waals surface area (Å²) in [6, 6.07) is 0.199. The van der Waals surface area contributed by atoms with Crippen LogP contribution in [0.15, 0.2) is 0 Å². The number of carbonyl (C=O) groups excluding carboxylic acids is 1. The summed E-state index contributed by atoms with van der Waals surface area (Å²) in [5, 5.41) is 18.7. The molecule has 4 bridgehead atoms. The van der Waals surface area contributed by atoms with Gasteiger partial charge in [-0.1, -0.05) is 6.92 Å². The Kier molecular flexibility index (Phi) is 4.51. The quantitative estimate of drug-likeness (QED) is 0.609. The fourth-order valence-electron chi connectivity index (χ4n) is 6.77. The van der Waals surface area contributed by atoms with Crippen molar-refractivity contribution < 1.29 is 9.72 Å². The summed E-state index contributed by atoms with van der Waals surface area (Å²) in [5.41, 5.74) is 1.07. The molecule has 4 aliphatic rings. The van der Waals surface area contributed by atoms with E-state index in [2.05, 4.69) is 17.3 Å². The molecular formula is C20H30N4O3. The standard InChI is InChI=1S/C20H30N4O3/c1-4-17(20-8-14-5-15(9-20)7-16(6-14)10-20)21-18(25)11-23-13(3)19(24(26)27)12(2)22-23/h14-17H,4-11H2,1-3H3,(H,21,25). The molecule has 7 heteroatoms. The van der Waals surface area contributed by atoms with Crippen molar-refractivity contribution in [2.24, 2.45) is 23.2 Å². The molecule has 4 saturated carbocycles. The predicted octanol–water partition coefficient (Wildman–Crippen LogP) is 3.52. The second kappa shape index (κ2) is 6.60. The van der Waals surface area contributed by atoms with Gasteiger partial charge in [-0.3, -0.25) is 19.6 Å². The predicted molar refractivity (Wildman–Crippen MR) is 101 cm³/mol. The van der Waals surface area contributed by atoms with Crippen molar-refractivity contribution in [1.82, 2.24) is 15.1 Å². The smallest absolute Gasteiger partial charge is 0.312 e. The number of carbonyl (C=O) groups is 1. The van der Waals surface area contributed by atoms with E-state index in [1.165, 1.54) is 43.2 Å². The number of amides is 1. The first-order chi connectivity index (χ1) is 12.8. The van der Waals surface area contributed by atoms with Gasteiger partial charge in [0.2, 0.25) is 5.91 Å². The number of aromatic nitrogens is 2. The van der Waals surface area contributed by atoms with E-state index < -0.39 is 4.92 Å². The Labute approximate surface area is 160 Å². The zero-order valence-corrected chi connectivity index (χ0v) is 16.5. The molecule has 1 N–H and O–H groups in total. The summed E-state index contributed by atoms with van der Waals surface area (Å²) >= 11 is 0. The maximum Gasteiger partial charge on any atom is 0.312 e. The third kappa shape index (κ3) is 3.15. The average Bonchev–Trinajstić information content (AvgIpc) is 2.84. The lowest BCUT2D eigenvalue weighted by Gasteiger charge is -2.59. The van der Waals surface area contributed by atoms with Crippen LogP contribution in [0.1, 0.15) is 63.3 Å². The molecule has 7 nitrogen and oxygen atoms in total. The number of hydrogen-bond donors (Lipinski definition) is 1. The SMILES string of the molecule is CCC(NC(=O)Cn1nc(C)c([N+](=O)[O-])c1C)C12CC3CC(CC(C3)C1)C2. The summed E-state index contributed by atoms with van der Waals surface area (Å²) in [4.78, 5) is 23.5. The zero-order valence-electron chi connectivity index (χ0n) is 16.5. The van der Waals surface area contributed by atoms with E-state index in [9.17, 15) is 14.9 Å². The van der Waals surface area contributed by atoms with Crippen LogP contribution >= 0.6 is 0 Å². The molecule has 1 aromatic rings. The fraction of sp³-hybridized carbons (Fsp3) is 0.800. The van der Waals surface area contributed by atoms with Crippen LogP contribution in [0.4, 0.5) is 5.69 Å². The molecular weight excluding hydrogens is 344 g/mol. The van der Waals surface area contributed by atoms with Crippen molar-refractivity contribution >= 4 is 11.6 Å². The molecule has 1 unspecified atom stereocenters. The van der Waals surface area contributed by atoms with E-state index in [1.807, 2.05) is 0 Å². The van der Waals surface area contributed by atoms with E-state index >= 15 is 0 Å². The van der Waals surface area contributed by atoms with Crippen molar-refractivity contribution in [2.45, 2.75) is 78.3 Å². The minimum atomic E-state index is -0.420. The summed E-state index contributed by atoms with van der Waals surface area (Å²) in [7, 11) is 0. The summed E-state index contributed by atoms with van der Waals surface area (Å²) in [6.07, 6.45) is 8.86. The highest BCUT2D eigenvalue weighted by Gasteiger charge is 2.54. The average molecular weight is 374 g/mol. The van der Waals surface area contributed by atoms with Crippen molar-refractivity contribution in [3.8, 4) is 0 Å². The Bertz CT molecular complexity index is 734. The third-order valence-electron chi connectivity index (χ3n) is 7.39. The number of aryl methyl sites for hydroxylation is 1. The Morgan fingerprint density at radius 1 is 1.26 bits per heavy atom. The fourth-order valence-corrected chi connectivity index (χ4v) is 6.77. The molecule has 0 aromatic carbocycles. The molecule has 0 saturated heterocycles. The monoisotopic (exact) mass is 374 g/mol. The van der Waals surface area contributed by atoms with Crippen molar-refractivity contribution in [3.63, 3.8) is 0 Å². The summed E-state index contributed by atoms with van der Waals surface area (Å²) in [5.74, 6) is 2.46. The molecule has 1 atom stereocenters. The lowest BCUT2D eigenvalue weighted by atomic mass is 9.47. The van der Waals surface area contributed by atoms with E-state index in [0.29, 0.717) is 11.4 Å². The minimum Gasteiger partial charge on any atom is -0.351 e. The highest BCUT2D eigenvalue weighted by atomic mass is 16.6. The Morgan fingerprint density at radius 3 is 2.26 bits per heavy atom. The van der Waals surface area contributed by atoms with Gasteiger partial charge in [0.15, 0.2) is 0 Å². The van der Waals surface area contributed by atoms with Gasteiger partial charge < -0.3 is 5.32 Å². The normalized spacial score (nSPS) is 32.5. The first-order valence-electron chi connectivity index (χ1n) is 10.3. The van der Waals surface area contributed by atoms with E-state index in [4.69, 9.17) is 0 Å². The van der Waals surface area contributed by atoms with Crippen molar-refractivity contribution in [3.05, 3.63) is 21.5 Å². The van der Waals surface area contributed by atoms with Crippen LogP contribution in [0.2, 0.25) is 0 Å². The van der Waals surface area contributed by atoms with E-state index in [-0.39, 0.29) is 29.6 Å². The van der Waals surface area contributed by atoms with Crippen molar-refractivity contribution in [1.29, 1.82) is 0 Å². The van der Waals surface area contributed by atoms with Gasteiger partial charge in [-0.25, -0.2) is 0 Å².